The second kappa shape index (κ2) is 6.93. The Morgan fingerprint density at radius 3 is 2.68 bits per heavy atom. The second-order valence-electron chi connectivity index (χ2n) is 6.45. The quantitative estimate of drug-likeness (QED) is 0.875. The van der Waals surface area contributed by atoms with Gasteiger partial charge in [-0.3, -0.25) is 9.69 Å². The number of rotatable bonds is 3. The van der Waals surface area contributed by atoms with E-state index in [1.54, 1.807) is 12.1 Å². The molecule has 3 amide bonds. The summed E-state index contributed by atoms with van der Waals surface area (Å²) in [7, 11) is 0. The topological polar surface area (TPSA) is 61.4 Å². The smallest absolute Gasteiger partial charge is 0.349 e. The lowest BCUT2D eigenvalue weighted by Gasteiger charge is -2.33. The Morgan fingerprint density at radius 2 is 2.00 bits per heavy atom. The maximum absolute atomic E-state index is 13.2. The molecule has 1 aliphatic heterocycles. The Morgan fingerprint density at radius 1 is 1.24 bits per heavy atom. The molecule has 0 spiro atoms. The van der Waals surface area contributed by atoms with Gasteiger partial charge in [-0.2, -0.15) is 13.2 Å². The number of hydrogen-bond acceptors (Lipinski definition) is 2. The number of halogens is 3. The predicted octanol–water partition coefficient (Wildman–Crippen LogP) is 3.07. The first kappa shape index (κ1) is 17.6. The van der Waals surface area contributed by atoms with E-state index in [2.05, 4.69) is 10.6 Å². The van der Waals surface area contributed by atoms with Crippen LogP contribution >= 0.6 is 0 Å². The fourth-order valence-corrected chi connectivity index (χ4v) is 3.48. The summed E-state index contributed by atoms with van der Waals surface area (Å²) in [5, 5.41) is 5.21. The highest BCUT2D eigenvalue weighted by atomic mass is 19.4. The molecule has 1 saturated heterocycles. The molecule has 2 atom stereocenters. The molecule has 2 N–H and O–H groups in total. The summed E-state index contributed by atoms with van der Waals surface area (Å²) < 4.78 is 39.5. The van der Waals surface area contributed by atoms with Crippen LogP contribution < -0.4 is 15.5 Å². The third-order valence-corrected chi connectivity index (χ3v) is 4.78. The van der Waals surface area contributed by atoms with Gasteiger partial charge >= 0.3 is 12.2 Å². The molecule has 1 aromatic carbocycles. The van der Waals surface area contributed by atoms with Gasteiger partial charge in [0.25, 0.3) is 5.91 Å². The number of urea groups is 1. The summed E-state index contributed by atoms with van der Waals surface area (Å²) in [5.41, 5.74) is 0.808. The first-order valence-electron chi connectivity index (χ1n) is 8.39. The van der Waals surface area contributed by atoms with E-state index in [-0.39, 0.29) is 18.0 Å². The fraction of sp³-hybridized carbons (Fsp3) is 0.529. The van der Waals surface area contributed by atoms with E-state index in [1.165, 1.54) is 17.0 Å². The molecule has 5 nitrogen and oxygen atoms in total. The number of carbonyl (C=O) groups is 2. The molecule has 1 heterocycles. The van der Waals surface area contributed by atoms with Gasteiger partial charge in [0.2, 0.25) is 0 Å². The Labute approximate surface area is 143 Å². The van der Waals surface area contributed by atoms with E-state index in [0.29, 0.717) is 38.0 Å². The molecule has 2 fully saturated rings. The van der Waals surface area contributed by atoms with Crippen LogP contribution in [0, 0.1) is 5.92 Å². The van der Waals surface area contributed by atoms with Gasteiger partial charge in [0, 0.05) is 30.4 Å². The number of benzene rings is 1. The average molecular weight is 355 g/mol. The summed E-state index contributed by atoms with van der Waals surface area (Å²) in [6.45, 7) is 1.01. The third-order valence-electron chi connectivity index (χ3n) is 4.78. The van der Waals surface area contributed by atoms with Gasteiger partial charge in [-0.15, -0.1) is 0 Å². The molecule has 1 aliphatic carbocycles. The summed E-state index contributed by atoms with van der Waals surface area (Å²) in [5.74, 6) is -2.04. The Balaban J connectivity index is 1.73. The van der Waals surface area contributed by atoms with Gasteiger partial charge in [-0.25, -0.2) is 4.79 Å². The SMILES string of the molecule is O=C(NC1CCCCC1C(F)(F)F)c1cccc(N2CCNC2=O)c1. The summed E-state index contributed by atoms with van der Waals surface area (Å²) in [6, 6.07) is 5.24. The summed E-state index contributed by atoms with van der Waals surface area (Å²) >= 11 is 0. The zero-order chi connectivity index (χ0) is 18.0. The highest BCUT2D eigenvalue weighted by molar-refractivity contribution is 5.98. The normalized spacial score (nSPS) is 24.1. The van der Waals surface area contributed by atoms with Crippen molar-refractivity contribution in [3.8, 4) is 0 Å². The van der Waals surface area contributed by atoms with Crippen molar-refractivity contribution in [1.82, 2.24) is 10.6 Å². The minimum absolute atomic E-state index is 0.0441. The number of hydrogen-bond donors (Lipinski definition) is 2. The maximum atomic E-state index is 13.2. The van der Waals surface area contributed by atoms with Crippen molar-refractivity contribution in [1.29, 1.82) is 0 Å². The Hall–Kier alpha value is -2.25. The first-order chi connectivity index (χ1) is 11.9. The van der Waals surface area contributed by atoms with Crippen LogP contribution in [0.15, 0.2) is 24.3 Å². The van der Waals surface area contributed by atoms with E-state index in [1.807, 2.05) is 0 Å². The Kier molecular flexibility index (Phi) is 4.87. The van der Waals surface area contributed by atoms with Crippen LogP contribution in [0.1, 0.15) is 36.0 Å². The molecule has 1 saturated carbocycles. The van der Waals surface area contributed by atoms with Crippen LogP contribution in [0.25, 0.3) is 0 Å². The van der Waals surface area contributed by atoms with Crippen molar-refractivity contribution in [2.75, 3.05) is 18.0 Å². The van der Waals surface area contributed by atoms with Crippen LogP contribution in [-0.4, -0.2) is 37.2 Å². The van der Waals surface area contributed by atoms with E-state index in [4.69, 9.17) is 0 Å². The summed E-state index contributed by atoms with van der Waals surface area (Å²) in [6.07, 6.45) is -2.75. The van der Waals surface area contributed by atoms with Gasteiger partial charge in [-0.1, -0.05) is 18.9 Å². The molecular weight excluding hydrogens is 335 g/mol. The van der Waals surface area contributed by atoms with Crippen LogP contribution in [-0.2, 0) is 0 Å². The van der Waals surface area contributed by atoms with Crippen LogP contribution in [0.2, 0.25) is 0 Å². The number of alkyl halides is 3. The zero-order valence-corrected chi connectivity index (χ0v) is 13.6. The van der Waals surface area contributed by atoms with E-state index in [0.717, 1.165) is 0 Å². The molecular formula is C17H20F3N3O2. The van der Waals surface area contributed by atoms with Gasteiger partial charge in [0.15, 0.2) is 0 Å². The molecule has 0 bridgehead atoms. The number of carbonyl (C=O) groups excluding carboxylic acids is 2. The van der Waals surface area contributed by atoms with E-state index < -0.39 is 24.0 Å². The number of anilines is 1. The van der Waals surface area contributed by atoms with Crippen molar-refractivity contribution in [2.45, 2.75) is 37.9 Å². The highest BCUT2D eigenvalue weighted by Crippen LogP contribution is 2.37. The van der Waals surface area contributed by atoms with Crippen molar-refractivity contribution in [3.63, 3.8) is 0 Å². The molecule has 2 unspecified atom stereocenters. The predicted molar refractivity (Wildman–Crippen MR) is 86.5 cm³/mol. The minimum atomic E-state index is -4.31. The van der Waals surface area contributed by atoms with Crippen molar-refractivity contribution >= 4 is 17.6 Å². The number of nitrogens with one attached hydrogen (secondary N) is 2. The van der Waals surface area contributed by atoms with Gasteiger partial charge < -0.3 is 10.6 Å². The third kappa shape index (κ3) is 3.88. The lowest BCUT2D eigenvalue weighted by atomic mass is 9.84. The van der Waals surface area contributed by atoms with Crippen LogP contribution in [0.3, 0.4) is 0 Å². The zero-order valence-electron chi connectivity index (χ0n) is 13.6. The minimum Gasteiger partial charge on any atom is -0.349 e. The lowest BCUT2D eigenvalue weighted by Crippen LogP contribution is -2.47. The molecule has 2 aliphatic rings. The largest absolute Gasteiger partial charge is 0.393 e. The van der Waals surface area contributed by atoms with Crippen molar-refractivity contribution in [2.24, 2.45) is 5.92 Å². The Bertz CT molecular complexity index is 663. The molecule has 1 aromatic rings. The lowest BCUT2D eigenvalue weighted by molar-refractivity contribution is -0.187. The van der Waals surface area contributed by atoms with Crippen molar-refractivity contribution < 1.29 is 22.8 Å². The number of nitrogens with zero attached hydrogens (tertiary/aromatic N) is 1. The maximum Gasteiger partial charge on any atom is 0.393 e. The first-order valence-corrected chi connectivity index (χ1v) is 8.39. The molecule has 25 heavy (non-hydrogen) atoms. The van der Waals surface area contributed by atoms with Gasteiger partial charge in [0.05, 0.1) is 5.92 Å². The molecule has 3 rings (SSSR count). The monoisotopic (exact) mass is 355 g/mol. The molecule has 0 aromatic heterocycles. The van der Waals surface area contributed by atoms with Crippen molar-refractivity contribution in [3.05, 3.63) is 29.8 Å². The standard InChI is InChI=1S/C17H20F3N3O2/c18-17(19,20)13-6-1-2-7-14(13)22-15(24)11-4-3-5-12(10-11)23-9-8-21-16(23)25/h3-5,10,13-14H,1-2,6-9H2,(H,21,25)(H,22,24). The fourth-order valence-electron chi connectivity index (χ4n) is 3.48. The average Bonchev–Trinajstić information content (AvgIpc) is 3.00. The second-order valence-corrected chi connectivity index (χ2v) is 6.45. The highest BCUT2D eigenvalue weighted by Gasteiger charge is 2.46. The van der Waals surface area contributed by atoms with Crippen LogP contribution in [0.4, 0.5) is 23.7 Å². The summed E-state index contributed by atoms with van der Waals surface area (Å²) in [4.78, 5) is 25.6. The van der Waals surface area contributed by atoms with Crippen LogP contribution in [0.5, 0.6) is 0 Å². The van der Waals surface area contributed by atoms with Gasteiger partial charge in [-0.05, 0) is 31.0 Å². The van der Waals surface area contributed by atoms with E-state index in [9.17, 15) is 22.8 Å². The number of amides is 3. The van der Waals surface area contributed by atoms with E-state index >= 15 is 0 Å². The molecule has 8 heteroatoms. The molecule has 0 radical (unpaired) electrons. The molecule has 136 valence electrons. The van der Waals surface area contributed by atoms with Gasteiger partial charge in [0.1, 0.15) is 0 Å².